The van der Waals surface area contributed by atoms with Crippen molar-refractivity contribution < 1.29 is 9.59 Å². The lowest BCUT2D eigenvalue weighted by molar-refractivity contribution is -0.121. The number of amides is 2. The molecule has 0 aliphatic carbocycles. The van der Waals surface area contributed by atoms with Crippen molar-refractivity contribution in [1.82, 2.24) is 0 Å². The fourth-order valence-corrected chi connectivity index (χ4v) is 3.56. The maximum Gasteiger partial charge on any atom is 0.247 e. The first-order valence-electron chi connectivity index (χ1n) is 8.17. The van der Waals surface area contributed by atoms with Gasteiger partial charge in [-0.3, -0.25) is 14.5 Å². The number of para-hydroxylation sites is 3. The van der Waals surface area contributed by atoms with E-state index in [1.54, 1.807) is 4.90 Å². The van der Waals surface area contributed by atoms with Crippen LogP contribution in [0, 0.1) is 0 Å². The topological polar surface area (TPSA) is 52.7 Å². The van der Waals surface area contributed by atoms with Gasteiger partial charge in [0.2, 0.25) is 11.8 Å². The summed E-state index contributed by atoms with van der Waals surface area (Å²) in [4.78, 5) is 28.6. The Morgan fingerprint density at radius 2 is 1.83 bits per heavy atom. The highest BCUT2D eigenvalue weighted by Gasteiger charge is 2.31. The number of hydrogen-bond acceptors (Lipinski definition) is 3. The molecule has 0 radical (unpaired) electrons. The highest BCUT2D eigenvalue weighted by atomic mass is 16.2. The van der Waals surface area contributed by atoms with Crippen LogP contribution in [-0.4, -0.2) is 30.9 Å². The predicted molar refractivity (Wildman–Crippen MR) is 94.4 cm³/mol. The van der Waals surface area contributed by atoms with Crippen LogP contribution < -0.4 is 15.1 Å². The van der Waals surface area contributed by atoms with Crippen molar-refractivity contribution in [3.63, 3.8) is 0 Å². The van der Waals surface area contributed by atoms with Gasteiger partial charge in [0.05, 0.1) is 17.9 Å². The maximum atomic E-state index is 12.9. The van der Waals surface area contributed by atoms with Crippen molar-refractivity contribution in [3.05, 3.63) is 54.1 Å². The molecule has 24 heavy (non-hydrogen) atoms. The molecule has 0 spiro atoms. The number of fused-ring (bicyclic) bond motifs is 2. The molecule has 0 aromatic heterocycles. The maximum absolute atomic E-state index is 12.9. The van der Waals surface area contributed by atoms with E-state index in [4.69, 9.17) is 0 Å². The minimum Gasteiger partial charge on any atom is -0.359 e. The molecule has 0 fully saturated rings. The van der Waals surface area contributed by atoms with E-state index >= 15 is 0 Å². The number of carbonyl (C=O) groups is 2. The van der Waals surface area contributed by atoms with Crippen molar-refractivity contribution in [3.8, 4) is 0 Å². The fourth-order valence-electron chi connectivity index (χ4n) is 3.56. The third-order valence-electron chi connectivity index (χ3n) is 4.73. The molecule has 2 aromatic carbocycles. The number of rotatable bonds is 2. The van der Waals surface area contributed by atoms with Gasteiger partial charge in [-0.05, 0) is 37.1 Å². The number of nitrogens with zero attached hydrogens (tertiary/aromatic N) is 2. The van der Waals surface area contributed by atoms with E-state index in [1.165, 1.54) is 5.56 Å². The molecule has 0 saturated carbocycles. The molecule has 1 unspecified atom stereocenters. The second kappa shape index (κ2) is 5.67. The third-order valence-corrected chi connectivity index (χ3v) is 4.73. The molecule has 2 aromatic rings. The van der Waals surface area contributed by atoms with Crippen molar-refractivity contribution in [2.75, 3.05) is 28.2 Å². The van der Waals surface area contributed by atoms with Crippen molar-refractivity contribution in [2.24, 2.45) is 0 Å². The number of anilines is 3. The van der Waals surface area contributed by atoms with Gasteiger partial charge >= 0.3 is 0 Å². The molecule has 2 aliphatic heterocycles. The van der Waals surface area contributed by atoms with Gasteiger partial charge in [-0.15, -0.1) is 0 Å². The summed E-state index contributed by atoms with van der Waals surface area (Å²) in [6.07, 6.45) is 0.945. The van der Waals surface area contributed by atoms with E-state index in [2.05, 4.69) is 29.3 Å². The van der Waals surface area contributed by atoms with Gasteiger partial charge in [0.15, 0.2) is 0 Å². The number of benzene rings is 2. The smallest absolute Gasteiger partial charge is 0.247 e. The minimum atomic E-state index is -0.156. The second-order valence-electron chi connectivity index (χ2n) is 6.35. The third kappa shape index (κ3) is 2.42. The summed E-state index contributed by atoms with van der Waals surface area (Å²) in [5.41, 5.74) is 3.85. The standard InChI is InChI=1S/C19H19N3O2/c1-13-10-14-6-2-4-8-16(14)21(13)12-19(24)22-11-18(23)20-15-7-3-5-9-17(15)22/h2-9,13H,10-12H2,1H3,(H,20,23). The lowest BCUT2D eigenvalue weighted by Crippen LogP contribution is -2.47. The minimum absolute atomic E-state index is 0.0548. The first kappa shape index (κ1) is 14.8. The second-order valence-corrected chi connectivity index (χ2v) is 6.35. The summed E-state index contributed by atoms with van der Waals surface area (Å²) >= 11 is 0. The Morgan fingerprint density at radius 1 is 1.12 bits per heavy atom. The molecule has 2 heterocycles. The Kier molecular flexibility index (Phi) is 3.49. The summed E-state index contributed by atoms with van der Waals surface area (Å²) < 4.78 is 0. The molecule has 122 valence electrons. The van der Waals surface area contributed by atoms with Crippen molar-refractivity contribution >= 4 is 28.9 Å². The molecule has 1 atom stereocenters. The molecule has 4 rings (SSSR count). The highest BCUT2D eigenvalue weighted by molar-refractivity contribution is 6.10. The molecule has 2 amide bonds. The van der Waals surface area contributed by atoms with E-state index in [0.717, 1.165) is 17.8 Å². The summed E-state index contributed by atoms with van der Waals surface area (Å²) in [6.45, 7) is 2.48. The summed E-state index contributed by atoms with van der Waals surface area (Å²) in [7, 11) is 0. The van der Waals surface area contributed by atoms with E-state index in [-0.39, 0.29) is 30.9 Å². The molecule has 1 N–H and O–H groups in total. The first-order valence-corrected chi connectivity index (χ1v) is 8.17. The Bertz CT molecular complexity index is 818. The highest BCUT2D eigenvalue weighted by Crippen LogP contribution is 2.33. The average Bonchev–Trinajstić information content (AvgIpc) is 2.89. The Morgan fingerprint density at radius 3 is 2.67 bits per heavy atom. The normalized spacial score (nSPS) is 18.9. The Labute approximate surface area is 140 Å². The number of hydrogen-bond donors (Lipinski definition) is 1. The van der Waals surface area contributed by atoms with Gasteiger partial charge in [-0.2, -0.15) is 0 Å². The van der Waals surface area contributed by atoms with Gasteiger partial charge < -0.3 is 10.2 Å². The van der Waals surface area contributed by atoms with Crippen LogP contribution in [-0.2, 0) is 16.0 Å². The SMILES string of the molecule is CC1Cc2ccccc2N1CC(=O)N1CC(=O)Nc2ccccc21. The lowest BCUT2D eigenvalue weighted by Gasteiger charge is -2.32. The largest absolute Gasteiger partial charge is 0.359 e. The molecule has 2 aliphatic rings. The number of nitrogens with one attached hydrogen (secondary N) is 1. The van der Waals surface area contributed by atoms with Gasteiger partial charge in [-0.25, -0.2) is 0 Å². The van der Waals surface area contributed by atoms with Crippen LogP contribution in [0.5, 0.6) is 0 Å². The quantitative estimate of drug-likeness (QED) is 0.924. The van der Waals surface area contributed by atoms with E-state index in [1.807, 2.05) is 36.4 Å². The van der Waals surface area contributed by atoms with Crippen molar-refractivity contribution in [2.45, 2.75) is 19.4 Å². The zero-order valence-electron chi connectivity index (χ0n) is 13.5. The van der Waals surface area contributed by atoms with E-state index in [9.17, 15) is 9.59 Å². The van der Waals surface area contributed by atoms with Crippen LogP contribution in [0.25, 0.3) is 0 Å². The van der Waals surface area contributed by atoms with Gasteiger partial charge in [0.1, 0.15) is 6.54 Å². The van der Waals surface area contributed by atoms with Crippen LogP contribution >= 0.6 is 0 Å². The van der Waals surface area contributed by atoms with Crippen LogP contribution in [0.3, 0.4) is 0 Å². The Balaban J connectivity index is 1.60. The number of carbonyl (C=O) groups excluding carboxylic acids is 2. The van der Waals surface area contributed by atoms with Gasteiger partial charge in [0.25, 0.3) is 0 Å². The van der Waals surface area contributed by atoms with Crippen LogP contribution in [0.15, 0.2) is 48.5 Å². The molecular formula is C19H19N3O2. The molecular weight excluding hydrogens is 302 g/mol. The summed E-state index contributed by atoms with van der Waals surface area (Å²) in [6, 6.07) is 15.9. The van der Waals surface area contributed by atoms with Gasteiger partial charge in [-0.1, -0.05) is 30.3 Å². The molecule has 0 saturated heterocycles. The zero-order valence-corrected chi connectivity index (χ0v) is 13.5. The summed E-state index contributed by atoms with van der Waals surface area (Å²) in [5, 5.41) is 2.82. The fraction of sp³-hybridized carbons (Fsp3) is 0.263. The molecule has 5 nitrogen and oxygen atoms in total. The first-order chi connectivity index (χ1) is 11.6. The van der Waals surface area contributed by atoms with Gasteiger partial charge in [0, 0.05) is 11.7 Å². The van der Waals surface area contributed by atoms with E-state index in [0.29, 0.717) is 5.69 Å². The average molecular weight is 321 g/mol. The van der Waals surface area contributed by atoms with Crippen LogP contribution in [0.2, 0.25) is 0 Å². The Hall–Kier alpha value is -2.82. The molecule has 0 bridgehead atoms. The lowest BCUT2D eigenvalue weighted by atomic mass is 10.1. The zero-order chi connectivity index (χ0) is 16.7. The summed E-state index contributed by atoms with van der Waals surface area (Å²) in [5.74, 6) is -0.210. The molecule has 5 heteroatoms. The van der Waals surface area contributed by atoms with E-state index < -0.39 is 0 Å². The van der Waals surface area contributed by atoms with Crippen molar-refractivity contribution in [1.29, 1.82) is 0 Å². The monoisotopic (exact) mass is 321 g/mol. The van der Waals surface area contributed by atoms with Crippen LogP contribution in [0.1, 0.15) is 12.5 Å². The predicted octanol–water partition coefficient (Wildman–Crippen LogP) is 2.42. The van der Waals surface area contributed by atoms with Crippen LogP contribution in [0.4, 0.5) is 17.1 Å².